The van der Waals surface area contributed by atoms with E-state index in [1.54, 1.807) is 24.3 Å². The number of amides is 4. The van der Waals surface area contributed by atoms with Gasteiger partial charge in [-0.3, -0.25) is 24.5 Å². The molecule has 0 radical (unpaired) electrons. The quantitative estimate of drug-likeness (QED) is 0.782. The van der Waals surface area contributed by atoms with Crippen LogP contribution in [-0.4, -0.2) is 36.2 Å². The van der Waals surface area contributed by atoms with Gasteiger partial charge in [0.25, 0.3) is 0 Å². The molecule has 0 spiro atoms. The Morgan fingerprint density at radius 2 is 1.92 bits per heavy atom. The summed E-state index contributed by atoms with van der Waals surface area (Å²) in [5.41, 5.74) is 0.681. The highest BCUT2D eigenvalue weighted by Crippen LogP contribution is 2.26. The second-order valence-electron chi connectivity index (χ2n) is 5.89. The number of rotatable bonds is 3. The molecule has 0 bridgehead atoms. The van der Waals surface area contributed by atoms with E-state index in [4.69, 9.17) is 11.6 Å². The number of imide groups is 1. The Morgan fingerprint density at radius 3 is 2.58 bits per heavy atom. The van der Waals surface area contributed by atoms with Crippen LogP contribution in [0, 0.1) is 5.92 Å². The molecule has 2 N–H and O–H groups in total. The van der Waals surface area contributed by atoms with Crippen molar-refractivity contribution in [1.82, 2.24) is 10.6 Å². The molecule has 1 aromatic carbocycles. The van der Waals surface area contributed by atoms with Crippen molar-refractivity contribution >= 4 is 40.9 Å². The third-order valence-electron chi connectivity index (χ3n) is 4.19. The van der Waals surface area contributed by atoms with E-state index in [1.165, 1.54) is 4.90 Å². The van der Waals surface area contributed by atoms with E-state index in [1.807, 2.05) is 0 Å². The summed E-state index contributed by atoms with van der Waals surface area (Å²) < 4.78 is 0. The summed E-state index contributed by atoms with van der Waals surface area (Å²) in [4.78, 5) is 48.9. The summed E-state index contributed by atoms with van der Waals surface area (Å²) in [6, 6.07) is 6.08. The van der Waals surface area contributed by atoms with Crippen molar-refractivity contribution in [3.05, 3.63) is 29.3 Å². The zero-order valence-electron chi connectivity index (χ0n) is 12.8. The maximum absolute atomic E-state index is 12.3. The van der Waals surface area contributed by atoms with Crippen LogP contribution in [0.4, 0.5) is 5.69 Å². The topological polar surface area (TPSA) is 95.6 Å². The first kappa shape index (κ1) is 16.4. The van der Waals surface area contributed by atoms with Crippen LogP contribution < -0.4 is 15.5 Å². The zero-order valence-corrected chi connectivity index (χ0v) is 13.5. The van der Waals surface area contributed by atoms with E-state index in [0.717, 1.165) is 0 Å². The SMILES string of the molecule is O=C1CCC(NC(=O)C2CC(=O)N(c3ccc(Cl)cc3)C2)C(=O)N1. The Kier molecular flexibility index (Phi) is 4.53. The number of benzene rings is 1. The molecule has 2 fully saturated rings. The summed E-state index contributed by atoms with van der Waals surface area (Å²) in [6.45, 7) is 0.250. The molecule has 126 valence electrons. The minimum Gasteiger partial charge on any atom is -0.344 e. The van der Waals surface area contributed by atoms with Gasteiger partial charge in [-0.05, 0) is 30.7 Å². The standard InChI is InChI=1S/C16H16ClN3O4/c17-10-1-3-11(4-2-10)20-8-9(7-14(20)22)15(23)18-12-5-6-13(21)19-16(12)24/h1-4,9,12H,5-8H2,(H,18,23)(H,19,21,24). The molecule has 4 amide bonds. The lowest BCUT2D eigenvalue weighted by Crippen LogP contribution is -2.53. The fourth-order valence-electron chi connectivity index (χ4n) is 2.87. The lowest BCUT2D eigenvalue weighted by molar-refractivity contribution is -0.138. The monoisotopic (exact) mass is 349 g/mol. The summed E-state index contributed by atoms with van der Waals surface area (Å²) >= 11 is 5.84. The molecule has 0 aromatic heterocycles. The van der Waals surface area contributed by atoms with Gasteiger partial charge in [-0.15, -0.1) is 0 Å². The van der Waals surface area contributed by atoms with Crippen molar-refractivity contribution < 1.29 is 19.2 Å². The fourth-order valence-corrected chi connectivity index (χ4v) is 3.00. The van der Waals surface area contributed by atoms with Crippen LogP contribution >= 0.6 is 11.6 Å². The van der Waals surface area contributed by atoms with Crippen LogP contribution in [0.25, 0.3) is 0 Å². The summed E-state index contributed by atoms with van der Waals surface area (Å²) in [6.07, 6.45) is 0.552. The second kappa shape index (κ2) is 6.60. The normalized spacial score (nSPS) is 24.0. The summed E-state index contributed by atoms with van der Waals surface area (Å²) in [5, 5.41) is 5.39. The number of carbonyl (C=O) groups excluding carboxylic acids is 4. The minimum absolute atomic E-state index is 0.0850. The molecule has 24 heavy (non-hydrogen) atoms. The van der Waals surface area contributed by atoms with E-state index in [9.17, 15) is 19.2 Å². The summed E-state index contributed by atoms with van der Waals surface area (Å²) in [5.74, 6) is -1.87. The maximum atomic E-state index is 12.3. The molecule has 2 aliphatic rings. The molecule has 0 saturated carbocycles. The molecule has 7 nitrogen and oxygen atoms in total. The van der Waals surface area contributed by atoms with Gasteiger partial charge in [0, 0.05) is 30.1 Å². The predicted octanol–water partition coefficient (Wildman–Crippen LogP) is 0.614. The van der Waals surface area contributed by atoms with E-state index in [-0.39, 0.29) is 43.5 Å². The first-order chi connectivity index (χ1) is 11.4. The molecule has 2 atom stereocenters. The van der Waals surface area contributed by atoms with E-state index in [2.05, 4.69) is 10.6 Å². The highest BCUT2D eigenvalue weighted by atomic mass is 35.5. The van der Waals surface area contributed by atoms with Gasteiger partial charge in [0.05, 0.1) is 5.92 Å². The highest BCUT2D eigenvalue weighted by Gasteiger charge is 2.37. The fraction of sp³-hybridized carbons (Fsp3) is 0.375. The Morgan fingerprint density at radius 1 is 1.21 bits per heavy atom. The van der Waals surface area contributed by atoms with E-state index >= 15 is 0 Å². The Hall–Kier alpha value is -2.41. The number of nitrogens with zero attached hydrogens (tertiary/aromatic N) is 1. The molecular weight excluding hydrogens is 334 g/mol. The molecule has 2 aliphatic heterocycles. The number of halogens is 1. The molecule has 2 unspecified atom stereocenters. The summed E-state index contributed by atoms with van der Waals surface area (Å²) in [7, 11) is 0. The van der Waals surface area contributed by atoms with Crippen molar-refractivity contribution in [2.24, 2.45) is 5.92 Å². The maximum Gasteiger partial charge on any atom is 0.249 e. The highest BCUT2D eigenvalue weighted by molar-refractivity contribution is 6.30. The van der Waals surface area contributed by atoms with Gasteiger partial charge >= 0.3 is 0 Å². The van der Waals surface area contributed by atoms with Crippen molar-refractivity contribution in [2.75, 3.05) is 11.4 Å². The molecule has 3 rings (SSSR count). The number of nitrogens with one attached hydrogen (secondary N) is 2. The van der Waals surface area contributed by atoms with Gasteiger partial charge in [-0.2, -0.15) is 0 Å². The molecule has 8 heteroatoms. The van der Waals surface area contributed by atoms with Gasteiger partial charge in [-0.1, -0.05) is 11.6 Å². The Labute approximate surface area is 143 Å². The van der Waals surface area contributed by atoms with Gasteiger partial charge in [0.2, 0.25) is 23.6 Å². The van der Waals surface area contributed by atoms with E-state index in [0.29, 0.717) is 10.7 Å². The minimum atomic E-state index is -0.727. The number of carbonyl (C=O) groups is 4. The largest absolute Gasteiger partial charge is 0.344 e. The number of hydrogen-bond acceptors (Lipinski definition) is 4. The average Bonchev–Trinajstić information content (AvgIpc) is 2.93. The number of anilines is 1. The van der Waals surface area contributed by atoms with Crippen LogP contribution in [-0.2, 0) is 19.2 Å². The van der Waals surface area contributed by atoms with Crippen LogP contribution in [0.1, 0.15) is 19.3 Å². The molecule has 0 aliphatic carbocycles. The van der Waals surface area contributed by atoms with Crippen LogP contribution in [0.15, 0.2) is 24.3 Å². The third-order valence-corrected chi connectivity index (χ3v) is 4.44. The smallest absolute Gasteiger partial charge is 0.249 e. The molecule has 2 heterocycles. The van der Waals surface area contributed by atoms with Crippen molar-refractivity contribution in [1.29, 1.82) is 0 Å². The van der Waals surface area contributed by atoms with Crippen molar-refractivity contribution in [3.63, 3.8) is 0 Å². The molecule has 2 saturated heterocycles. The molecular formula is C16H16ClN3O4. The Balaban J connectivity index is 1.62. The second-order valence-corrected chi connectivity index (χ2v) is 6.33. The van der Waals surface area contributed by atoms with Crippen LogP contribution in [0.3, 0.4) is 0 Å². The van der Waals surface area contributed by atoms with Gasteiger partial charge < -0.3 is 10.2 Å². The predicted molar refractivity (Wildman–Crippen MR) is 86.2 cm³/mol. The Bertz CT molecular complexity index is 704. The van der Waals surface area contributed by atoms with Gasteiger partial charge in [-0.25, -0.2) is 0 Å². The third kappa shape index (κ3) is 3.41. The van der Waals surface area contributed by atoms with Crippen LogP contribution in [0.2, 0.25) is 5.02 Å². The van der Waals surface area contributed by atoms with Crippen molar-refractivity contribution in [3.8, 4) is 0 Å². The lowest BCUT2D eigenvalue weighted by Gasteiger charge is -2.23. The first-order valence-electron chi connectivity index (χ1n) is 7.64. The number of piperidine rings is 1. The first-order valence-corrected chi connectivity index (χ1v) is 8.02. The van der Waals surface area contributed by atoms with Gasteiger partial charge in [0.1, 0.15) is 6.04 Å². The lowest BCUT2D eigenvalue weighted by atomic mass is 10.0. The van der Waals surface area contributed by atoms with Crippen LogP contribution in [0.5, 0.6) is 0 Å². The van der Waals surface area contributed by atoms with E-state index < -0.39 is 17.9 Å². The molecule has 1 aromatic rings. The van der Waals surface area contributed by atoms with Crippen molar-refractivity contribution in [2.45, 2.75) is 25.3 Å². The average molecular weight is 350 g/mol. The van der Waals surface area contributed by atoms with Gasteiger partial charge in [0.15, 0.2) is 0 Å². The zero-order chi connectivity index (χ0) is 17.3. The number of hydrogen-bond donors (Lipinski definition) is 2.